The second kappa shape index (κ2) is 3.12. The molecular weight excluding hydrogens is 142 g/mol. The number of hydrogen-bond donors (Lipinski definition) is 2. The van der Waals surface area contributed by atoms with Crippen LogP contribution < -0.4 is 5.73 Å². The van der Waals surface area contributed by atoms with Crippen LogP contribution >= 0.6 is 0 Å². The van der Waals surface area contributed by atoms with Crippen LogP contribution in [0.25, 0.3) is 0 Å². The quantitative estimate of drug-likeness (QED) is 0.623. The molecule has 0 amide bonds. The maximum Gasteiger partial charge on any atom is 0.147 e. The van der Waals surface area contributed by atoms with Gasteiger partial charge in [-0.2, -0.15) is 10.4 Å². The molecule has 11 heavy (non-hydrogen) atoms. The fourth-order valence-electron chi connectivity index (χ4n) is 0.723. The summed E-state index contributed by atoms with van der Waals surface area (Å²) in [5.41, 5.74) is 5.56. The first-order chi connectivity index (χ1) is 5.24. The molecule has 1 aromatic rings. The summed E-state index contributed by atoms with van der Waals surface area (Å²) >= 11 is 0. The van der Waals surface area contributed by atoms with Gasteiger partial charge in [-0.25, -0.2) is 4.98 Å². The number of rotatable bonds is 2. The number of nitrogens with two attached hydrogens (primary N) is 1. The Bertz CT molecular complexity index is 271. The van der Waals surface area contributed by atoms with Gasteiger partial charge in [-0.3, -0.25) is 5.10 Å². The lowest BCUT2D eigenvalue weighted by molar-refractivity contribution is 0.691. The van der Waals surface area contributed by atoms with E-state index in [0.717, 1.165) is 0 Å². The van der Waals surface area contributed by atoms with E-state index < -0.39 is 0 Å². The van der Waals surface area contributed by atoms with E-state index in [1.807, 2.05) is 6.07 Å². The highest BCUT2D eigenvalue weighted by Crippen LogP contribution is 2.06. The van der Waals surface area contributed by atoms with Crippen molar-refractivity contribution in [1.29, 1.82) is 5.26 Å². The largest absolute Gasteiger partial charge is 0.320 e. The van der Waals surface area contributed by atoms with E-state index in [0.29, 0.717) is 11.6 Å². The van der Waals surface area contributed by atoms with E-state index in [1.165, 1.54) is 0 Å². The van der Waals surface area contributed by atoms with Crippen molar-refractivity contribution in [3.05, 3.63) is 11.6 Å². The number of nitrogens with one attached hydrogen (secondary N) is 1. The van der Waals surface area contributed by atoms with Crippen LogP contribution in [0.15, 0.2) is 0 Å². The van der Waals surface area contributed by atoms with Crippen molar-refractivity contribution in [2.75, 3.05) is 0 Å². The lowest BCUT2D eigenvalue weighted by atomic mass is 10.2. The molecule has 0 saturated heterocycles. The van der Waals surface area contributed by atoms with Crippen LogP contribution in [0.1, 0.15) is 24.1 Å². The SMILES string of the molecule is Cc1n[nH]c(C(N)CC#N)n1. The topological polar surface area (TPSA) is 91.4 Å². The predicted octanol–water partition coefficient (Wildman–Crippen LogP) is 0.0266. The van der Waals surface area contributed by atoms with Crippen LogP contribution in [-0.4, -0.2) is 15.2 Å². The summed E-state index contributed by atoms with van der Waals surface area (Å²) in [4.78, 5) is 3.99. The Morgan fingerprint density at radius 2 is 2.55 bits per heavy atom. The molecule has 0 bridgehead atoms. The highest BCUT2D eigenvalue weighted by Gasteiger charge is 2.08. The fourth-order valence-corrected chi connectivity index (χ4v) is 0.723. The first kappa shape index (κ1) is 7.69. The minimum Gasteiger partial charge on any atom is -0.320 e. The molecule has 0 saturated carbocycles. The van der Waals surface area contributed by atoms with E-state index in [2.05, 4.69) is 15.2 Å². The Hall–Kier alpha value is -1.41. The minimum atomic E-state index is -0.346. The molecule has 5 heteroatoms. The first-order valence-corrected chi connectivity index (χ1v) is 3.25. The molecule has 0 fully saturated rings. The van der Waals surface area contributed by atoms with Crippen molar-refractivity contribution in [3.63, 3.8) is 0 Å². The third kappa shape index (κ3) is 1.75. The number of nitrogens with zero attached hydrogens (tertiary/aromatic N) is 3. The summed E-state index contributed by atoms with van der Waals surface area (Å²) in [6.07, 6.45) is 0.259. The maximum atomic E-state index is 8.31. The minimum absolute atomic E-state index is 0.259. The fraction of sp³-hybridized carbons (Fsp3) is 0.500. The molecule has 0 radical (unpaired) electrons. The summed E-state index contributed by atoms with van der Waals surface area (Å²) in [7, 11) is 0. The Labute approximate surface area is 64.2 Å². The van der Waals surface area contributed by atoms with Crippen molar-refractivity contribution in [3.8, 4) is 6.07 Å². The molecule has 1 aromatic heterocycles. The van der Waals surface area contributed by atoms with Gasteiger partial charge >= 0.3 is 0 Å². The molecule has 58 valence electrons. The zero-order valence-corrected chi connectivity index (χ0v) is 6.20. The molecule has 0 aliphatic heterocycles. The molecule has 5 nitrogen and oxygen atoms in total. The number of nitriles is 1. The van der Waals surface area contributed by atoms with Crippen molar-refractivity contribution in [2.24, 2.45) is 5.73 Å². The van der Waals surface area contributed by atoms with Gasteiger partial charge in [0.1, 0.15) is 11.6 Å². The number of aromatic amines is 1. The maximum absolute atomic E-state index is 8.31. The highest BCUT2D eigenvalue weighted by molar-refractivity contribution is 4.97. The monoisotopic (exact) mass is 151 g/mol. The van der Waals surface area contributed by atoms with Gasteiger partial charge in [-0.1, -0.05) is 0 Å². The molecule has 1 unspecified atom stereocenters. The average molecular weight is 151 g/mol. The van der Waals surface area contributed by atoms with Crippen LogP contribution in [0.4, 0.5) is 0 Å². The van der Waals surface area contributed by atoms with Crippen molar-refractivity contribution in [2.45, 2.75) is 19.4 Å². The van der Waals surface area contributed by atoms with E-state index in [4.69, 9.17) is 11.0 Å². The second-order valence-electron chi connectivity index (χ2n) is 2.24. The number of hydrogen-bond acceptors (Lipinski definition) is 4. The Morgan fingerprint density at radius 3 is 3.00 bits per heavy atom. The predicted molar refractivity (Wildman–Crippen MR) is 38.3 cm³/mol. The molecule has 1 heterocycles. The van der Waals surface area contributed by atoms with Crippen molar-refractivity contribution in [1.82, 2.24) is 15.2 Å². The summed E-state index contributed by atoms with van der Waals surface area (Å²) in [5, 5.41) is 14.8. The highest BCUT2D eigenvalue weighted by atomic mass is 15.2. The van der Waals surface area contributed by atoms with Gasteiger partial charge in [0, 0.05) is 0 Å². The van der Waals surface area contributed by atoms with Gasteiger partial charge in [-0.05, 0) is 6.92 Å². The molecular formula is C6H9N5. The zero-order valence-electron chi connectivity index (χ0n) is 6.20. The number of H-pyrrole nitrogens is 1. The lowest BCUT2D eigenvalue weighted by Crippen LogP contribution is -2.11. The summed E-state index contributed by atoms with van der Waals surface area (Å²) in [5.74, 6) is 1.22. The van der Waals surface area contributed by atoms with Gasteiger partial charge in [0.15, 0.2) is 0 Å². The summed E-state index contributed by atoms with van der Waals surface area (Å²) in [6.45, 7) is 1.76. The third-order valence-electron chi connectivity index (χ3n) is 1.28. The molecule has 0 aromatic carbocycles. The van der Waals surface area contributed by atoms with Crippen LogP contribution in [0.2, 0.25) is 0 Å². The van der Waals surface area contributed by atoms with Crippen LogP contribution in [-0.2, 0) is 0 Å². The Kier molecular flexibility index (Phi) is 2.18. The van der Waals surface area contributed by atoms with Crippen molar-refractivity contribution < 1.29 is 0 Å². The molecule has 0 aliphatic carbocycles. The summed E-state index contributed by atoms with van der Waals surface area (Å²) in [6, 6.07) is 1.62. The normalized spacial score (nSPS) is 12.5. The van der Waals surface area contributed by atoms with Crippen LogP contribution in [0.5, 0.6) is 0 Å². The number of aryl methyl sites for hydroxylation is 1. The van der Waals surface area contributed by atoms with Gasteiger partial charge in [0.2, 0.25) is 0 Å². The van der Waals surface area contributed by atoms with Gasteiger partial charge < -0.3 is 5.73 Å². The standard InChI is InChI=1S/C6H9N5/c1-4-9-6(11-10-4)5(8)2-3-7/h5H,2,8H2,1H3,(H,9,10,11). The molecule has 0 spiro atoms. The van der Waals surface area contributed by atoms with Crippen LogP contribution in [0, 0.1) is 18.3 Å². The zero-order chi connectivity index (χ0) is 8.27. The van der Waals surface area contributed by atoms with Gasteiger partial charge in [0.05, 0.1) is 18.5 Å². The van der Waals surface area contributed by atoms with Crippen LogP contribution in [0.3, 0.4) is 0 Å². The average Bonchev–Trinajstić information content (AvgIpc) is 2.36. The Morgan fingerprint density at radius 1 is 1.82 bits per heavy atom. The Balaban J connectivity index is 2.70. The van der Waals surface area contributed by atoms with Crippen molar-refractivity contribution >= 4 is 0 Å². The van der Waals surface area contributed by atoms with Gasteiger partial charge in [-0.15, -0.1) is 0 Å². The smallest absolute Gasteiger partial charge is 0.147 e. The third-order valence-corrected chi connectivity index (χ3v) is 1.28. The summed E-state index contributed by atoms with van der Waals surface area (Å²) < 4.78 is 0. The molecule has 1 rings (SSSR count). The van der Waals surface area contributed by atoms with E-state index in [-0.39, 0.29) is 12.5 Å². The van der Waals surface area contributed by atoms with E-state index >= 15 is 0 Å². The van der Waals surface area contributed by atoms with E-state index in [1.54, 1.807) is 6.92 Å². The second-order valence-corrected chi connectivity index (χ2v) is 2.24. The molecule has 3 N–H and O–H groups in total. The first-order valence-electron chi connectivity index (χ1n) is 3.25. The van der Waals surface area contributed by atoms with E-state index in [9.17, 15) is 0 Å². The number of aromatic nitrogens is 3. The van der Waals surface area contributed by atoms with Gasteiger partial charge in [0.25, 0.3) is 0 Å². The lowest BCUT2D eigenvalue weighted by Gasteiger charge is -1.99. The molecule has 1 atom stereocenters. The molecule has 0 aliphatic rings.